The molecule has 1 heterocycles. The number of benzene rings is 1. The van der Waals surface area contributed by atoms with Crippen LogP contribution in [0.5, 0.6) is 0 Å². The minimum absolute atomic E-state index is 0.0186. The van der Waals surface area contributed by atoms with Crippen molar-refractivity contribution in [1.82, 2.24) is 0 Å². The summed E-state index contributed by atoms with van der Waals surface area (Å²) in [6.07, 6.45) is 1.81. The SMILES string of the molecule is Cc1cc(Br)cc2c1N(CC(=O)C1CC1)C(=O)C2=O. The molecule has 19 heavy (non-hydrogen) atoms. The highest BCUT2D eigenvalue weighted by Crippen LogP contribution is 2.36. The first-order chi connectivity index (χ1) is 8.99. The van der Waals surface area contributed by atoms with E-state index in [-0.39, 0.29) is 18.2 Å². The zero-order valence-corrected chi connectivity index (χ0v) is 12.0. The maximum absolute atomic E-state index is 12.0. The quantitative estimate of drug-likeness (QED) is 0.802. The molecule has 0 aromatic heterocycles. The maximum atomic E-state index is 12.0. The summed E-state index contributed by atoms with van der Waals surface area (Å²) in [4.78, 5) is 37.2. The van der Waals surface area contributed by atoms with Gasteiger partial charge in [-0.1, -0.05) is 15.9 Å². The molecule has 0 N–H and O–H groups in total. The third kappa shape index (κ3) is 2.02. The molecule has 4 nitrogen and oxygen atoms in total. The van der Waals surface area contributed by atoms with Crippen molar-refractivity contribution in [3.8, 4) is 0 Å². The smallest absolute Gasteiger partial charge is 0.297 e. The second kappa shape index (κ2) is 4.27. The average Bonchev–Trinajstić information content (AvgIpc) is 3.15. The lowest BCUT2D eigenvalue weighted by Crippen LogP contribution is -2.35. The number of hydrogen-bond acceptors (Lipinski definition) is 3. The van der Waals surface area contributed by atoms with Crippen LogP contribution in [0.15, 0.2) is 16.6 Å². The Labute approximate surface area is 118 Å². The molecular weight excluding hydrogens is 310 g/mol. The number of carbonyl (C=O) groups excluding carboxylic acids is 3. The molecule has 1 aromatic carbocycles. The molecule has 2 aliphatic rings. The lowest BCUT2D eigenvalue weighted by molar-refractivity contribution is -0.121. The average molecular weight is 322 g/mol. The molecule has 3 rings (SSSR count). The summed E-state index contributed by atoms with van der Waals surface area (Å²) in [5.74, 6) is -0.979. The number of anilines is 1. The number of halogens is 1. The minimum Gasteiger partial charge on any atom is -0.297 e. The van der Waals surface area contributed by atoms with E-state index in [2.05, 4.69) is 15.9 Å². The monoisotopic (exact) mass is 321 g/mol. The van der Waals surface area contributed by atoms with Gasteiger partial charge < -0.3 is 0 Å². The first kappa shape index (κ1) is 12.5. The fourth-order valence-corrected chi connectivity index (χ4v) is 3.02. The van der Waals surface area contributed by atoms with Gasteiger partial charge >= 0.3 is 0 Å². The van der Waals surface area contributed by atoms with Crippen molar-refractivity contribution in [1.29, 1.82) is 0 Å². The Morgan fingerprint density at radius 1 is 1.37 bits per heavy atom. The zero-order chi connectivity index (χ0) is 13.7. The molecule has 0 radical (unpaired) electrons. The normalized spacial score (nSPS) is 17.9. The summed E-state index contributed by atoms with van der Waals surface area (Å²) in [5, 5.41) is 0. The number of nitrogens with zero attached hydrogens (tertiary/aromatic N) is 1. The summed E-state index contributed by atoms with van der Waals surface area (Å²) < 4.78 is 0.764. The number of aryl methyl sites for hydroxylation is 1. The maximum Gasteiger partial charge on any atom is 0.299 e. The van der Waals surface area contributed by atoms with Crippen LogP contribution in [0.4, 0.5) is 5.69 Å². The van der Waals surface area contributed by atoms with E-state index in [1.807, 2.05) is 13.0 Å². The molecule has 1 saturated carbocycles. The van der Waals surface area contributed by atoms with Crippen molar-refractivity contribution < 1.29 is 14.4 Å². The molecule has 1 amide bonds. The van der Waals surface area contributed by atoms with Crippen LogP contribution in [-0.4, -0.2) is 24.0 Å². The summed E-state index contributed by atoms with van der Waals surface area (Å²) in [5.41, 5.74) is 1.81. The Hall–Kier alpha value is -1.49. The molecular formula is C14H12BrNO3. The molecule has 0 unspecified atom stereocenters. The van der Waals surface area contributed by atoms with Gasteiger partial charge in [0.2, 0.25) is 0 Å². The second-order valence-electron chi connectivity index (χ2n) is 5.08. The molecule has 1 fully saturated rings. The van der Waals surface area contributed by atoms with E-state index in [4.69, 9.17) is 0 Å². The number of carbonyl (C=O) groups is 3. The van der Waals surface area contributed by atoms with E-state index in [1.54, 1.807) is 6.07 Å². The number of hydrogen-bond donors (Lipinski definition) is 0. The lowest BCUT2D eigenvalue weighted by Gasteiger charge is -2.17. The Morgan fingerprint density at radius 3 is 2.68 bits per heavy atom. The van der Waals surface area contributed by atoms with Gasteiger partial charge in [-0.05, 0) is 37.5 Å². The number of fused-ring (bicyclic) bond motifs is 1. The zero-order valence-electron chi connectivity index (χ0n) is 10.4. The van der Waals surface area contributed by atoms with E-state index in [9.17, 15) is 14.4 Å². The number of ketones is 2. The first-order valence-corrected chi connectivity index (χ1v) is 6.97. The van der Waals surface area contributed by atoms with Gasteiger partial charge in [-0.2, -0.15) is 0 Å². The van der Waals surface area contributed by atoms with Gasteiger partial charge in [0.15, 0.2) is 5.78 Å². The molecule has 1 aliphatic heterocycles. The minimum atomic E-state index is -0.592. The van der Waals surface area contributed by atoms with Gasteiger partial charge in [-0.25, -0.2) is 0 Å². The van der Waals surface area contributed by atoms with E-state index < -0.39 is 11.7 Å². The standard InChI is InChI=1S/C14H12BrNO3/c1-7-4-9(15)5-10-12(7)16(14(19)13(10)18)6-11(17)8-2-3-8/h4-5,8H,2-3,6H2,1H3. The van der Waals surface area contributed by atoms with Gasteiger partial charge in [0.05, 0.1) is 17.8 Å². The molecule has 1 aliphatic carbocycles. The van der Waals surface area contributed by atoms with E-state index in [1.165, 1.54) is 4.90 Å². The van der Waals surface area contributed by atoms with E-state index in [0.29, 0.717) is 11.3 Å². The van der Waals surface area contributed by atoms with Gasteiger partial charge in [-0.15, -0.1) is 0 Å². The molecule has 1 aromatic rings. The van der Waals surface area contributed by atoms with Crippen molar-refractivity contribution >= 4 is 39.1 Å². The van der Waals surface area contributed by atoms with Gasteiger partial charge in [0.25, 0.3) is 11.7 Å². The fourth-order valence-electron chi connectivity index (χ4n) is 2.45. The lowest BCUT2D eigenvalue weighted by atomic mass is 10.1. The van der Waals surface area contributed by atoms with Gasteiger partial charge in [0.1, 0.15) is 0 Å². The van der Waals surface area contributed by atoms with Crippen molar-refractivity contribution in [2.24, 2.45) is 5.92 Å². The Balaban J connectivity index is 2.01. The largest absolute Gasteiger partial charge is 0.299 e. The molecule has 0 spiro atoms. The second-order valence-corrected chi connectivity index (χ2v) is 6.00. The summed E-state index contributed by atoms with van der Waals surface area (Å²) in [6, 6.07) is 3.49. The number of amides is 1. The predicted octanol–water partition coefficient (Wildman–Crippen LogP) is 2.27. The Kier molecular flexibility index (Phi) is 2.82. The van der Waals surface area contributed by atoms with Crippen LogP contribution in [0.2, 0.25) is 0 Å². The molecule has 98 valence electrons. The summed E-state index contributed by atoms with van der Waals surface area (Å²) in [6.45, 7) is 1.86. The van der Waals surface area contributed by atoms with Crippen LogP contribution in [-0.2, 0) is 9.59 Å². The predicted molar refractivity (Wildman–Crippen MR) is 73.3 cm³/mol. The van der Waals surface area contributed by atoms with Crippen molar-refractivity contribution in [2.45, 2.75) is 19.8 Å². The number of rotatable bonds is 3. The third-order valence-electron chi connectivity index (χ3n) is 3.57. The summed E-state index contributed by atoms with van der Waals surface area (Å²) >= 11 is 3.32. The fraction of sp³-hybridized carbons (Fsp3) is 0.357. The topological polar surface area (TPSA) is 54.5 Å². The van der Waals surface area contributed by atoms with Crippen LogP contribution in [0.1, 0.15) is 28.8 Å². The third-order valence-corrected chi connectivity index (χ3v) is 4.02. The highest BCUT2D eigenvalue weighted by molar-refractivity contribution is 9.10. The molecule has 0 saturated heterocycles. The van der Waals surface area contributed by atoms with Crippen molar-refractivity contribution in [3.63, 3.8) is 0 Å². The van der Waals surface area contributed by atoms with Crippen LogP contribution in [0.25, 0.3) is 0 Å². The molecule has 0 bridgehead atoms. The van der Waals surface area contributed by atoms with Crippen LogP contribution in [0.3, 0.4) is 0 Å². The van der Waals surface area contributed by atoms with E-state index >= 15 is 0 Å². The Morgan fingerprint density at radius 2 is 2.05 bits per heavy atom. The number of Topliss-reactive ketones (excluding diaryl/α,β-unsaturated/α-hetero) is 2. The molecule has 5 heteroatoms. The van der Waals surface area contributed by atoms with Crippen LogP contribution < -0.4 is 4.90 Å². The first-order valence-electron chi connectivity index (χ1n) is 6.18. The highest BCUT2D eigenvalue weighted by Gasteiger charge is 2.40. The summed E-state index contributed by atoms with van der Waals surface area (Å²) in [7, 11) is 0. The van der Waals surface area contributed by atoms with Crippen LogP contribution >= 0.6 is 15.9 Å². The van der Waals surface area contributed by atoms with E-state index in [0.717, 1.165) is 22.9 Å². The highest BCUT2D eigenvalue weighted by atomic mass is 79.9. The van der Waals surface area contributed by atoms with Gasteiger partial charge in [0, 0.05) is 10.4 Å². The van der Waals surface area contributed by atoms with Crippen molar-refractivity contribution in [3.05, 3.63) is 27.7 Å². The van der Waals surface area contributed by atoms with Gasteiger partial charge in [-0.3, -0.25) is 19.3 Å². The van der Waals surface area contributed by atoms with Crippen LogP contribution in [0, 0.1) is 12.8 Å². The Bertz CT molecular complexity index is 619. The molecule has 0 atom stereocenters. The van der Waals surface area contributed by atoms with Crippen molar-refractivity contribution in [2.75, 3.05) is 11.4 Å².